The monoisotopic (exact) mass is 97.1 g/mol. The molecule has 0 saturated heterocycles. The maximum absolute atomic E-state index is 3.63. The molecular formula is C3H5N4. The van der Waals surface area contributed by atoms with E-state index in [-0.39, 0.29) is 0 Å². The van der Waals surface area contributed by atoms with Crippen LogP contribution in [0.3, 0.4) is 0 Å². The Balaban J connectivity index is 2.76. The van der Waals surface area contributed by atoms with Gasteiger partial charge in [0.1, 0.15) is 0 Å². The molecule has 4 nitrogen and oxygen atoms in total. The van der Waals surface area contributed by atoms with Gasteiger partial charge in [0.25, 0.3) is 0 Å². The molecule has 0 spiro atoms. The van der Waals surface area contributed by atoms with Gasteiger partial charge < -0.3 is 5.32 Å². The minimum atomic E-state index is 0.639. The summed E-state index contributed by atoms with van der Waals surface area (Å²) in [5.74, 6) is 0.639. The van der Waals surface area contributed by atoms with Gasteiger partial charge in [-0.3, -0.25) is 0 Å². The van der Waals surface area contributed by atoms with E-state index in [1.807, 2.05) is 0 Å². The molecule has 4 heteroatoms. The summed E-state index contributed by atoms with van der Waals surface area (Å²) in [5, 5.41) is 8.77. The summed E-state index contributed by atoms with van der Waals surface area (Å²) in [7, 11) is 1.76. The lowest BCUT2D eigenvalue weighted by Gasteiger charge is -1.83. The fourth-order valence-corrected chi connectivity index (χ4v) is 0.290. The Bertz CT molecular complexity index is 121. The quantitative estimate of drug-likeness (QED) is 0.503. The van der Waals surface area contributed by atoms with Crippen molar-refractivity contribution < 1.29 is 0 Å². The van der Waals surface area contributed by atoms with Gasteiger partial charge in [0.2, 0.25) is 12.3 Å². The molecule has 0 aliphatic rings. The standard InChI is InChI=1S/C3H5N4/c1-4-3-5-2-6-7-3/h1H3,(H2,4,5,6,7). The van der Waals surface area contributed by atoms with Crippen molar-refractivity contribution in [3.05, 3.63) is 6.33 Å². The van der Waals surface area contributed by atoms with E-state index in [1.165, 1.54) is 0 Å². The van der Waals surface area contributed by atoms with Crippen LogP contribution in [0.15, 0.2) is 0 Å². The van der Waals surface area contributed by atoms with Crippen LogP contribution in [0, 0.1) is 6.33 Å². The first kappa shape index (κ1) is 4.11. The molecule has 1 rings (SSSR count). The van der Waals surface area contributed by atoms with Crippen LogP contribution in [-0.4, -0.2) is 22.2 Å². The van der Waals surface area contributed by atoms with E-state index >= 15 is 0 Å². The Morgan fingerprint density at radius 1 is 1.86 bits per heavy atom. The zero-order valence-electron chi connectivity index (χ0n) is 3.89. The van der Waals surface area contributed by atoms with Crippen LogP contribution in [0.4, 0.5) is 5.95 Å². The molecule has 7 heavy (non-hydrogen) atoms. The first-order valence-corrected chi connectivity index (χ1v) is 1.89. The van der Waals surface area contributed by atoms with Gasteiger partial charge in [0.05, 0.1) is 0 Å². The molecule has 0 aromatic carbocycles. The number of nitrogens with zero attached hydrogens (tertiary/aromatic N) is 2. The zero-order valence-corrected chi connectivity index (χ0v) is 3.89. The molecule has 2 N–H and O–H groups in total. The normalized spacial score (nSPS) is 8.71. The fraction of sp³-hybridized carbons (Fsp3) is 0.333. The molecule has 0 fully saturated rings. The summed E-state index contributed by atoms with van der Waals surface area (Å²) in [4.78, 5) is 3.63. The smallest absolute Gasteiger partial charge is 0.222 e. The molecule has 1 aromatic rings. The summed E-state index contributed by atoms with van der Waals surface area (Å²) < 4.78 is 0. The van der Waals surface area contributed by atoms with Crippen LogP contribution in [-0.2, 0) is 0 Å². The van der Waals surface area contributed by atoms with Crippen molar-refractivity contribution in [3.8, 4) is 0 Å². The van der Waals surface area contributed by atoms with Gasteiger partial charge >= 0.3 is 0 Å². The first-order chi connectivity index (χ1) is 3.43. The Kier molecular flexibility index (Phi) is 0.934. The van der Waals surface area contributed by atoms with E-state index in [2.05, 4.69) is 26.8 Å². The molecule has 1 radical (unpaired) electrons. The van der Waals surface area contributed by atoms with Crippen LogP contribution in [0.25, 0.3) is 0 Å². The molecule has 0 saturated carbocycles. The van der Waals surface area contributed by atoms with E-state index in [0.717, 1.165) is 0 Å². The van der Waals surface area contributed by atoms with Crippen molar-refractivity contribution in [1.29, 1.82) is 0 Å². The van der Waals surface area contributed by atoms with Crippen molar-refractivity contribution in [2.75, 3.05) is 12.4 Å². The van der Waals surface area contributed by atoms with Crippen LogP contribution in [0.2, 0.25) is 0 Å². The molecule has 0 aliphatic heterocycles. The van der Waals surface area contributed by atoms with E-state index in [4.69, 9.17) is 0 Å². The summed E-state index contributed by atoms with van der Waals surface area (Å²) in [6.45, 7) is 0. The minimum absolute atomic E-state index is 0.639. The number of rotatable bonds is 1. The van der Waals surface area contributed by atoms with Gasteiger partial charge in [-0.1, -0.05) is 0 Å². The topological polar surface area (TPSA) is 53.6 Å². The Labute approximate surface area is 41.0 Å². The molecule has 0 unspecified atom stereocenters. The predicted octanol–water partition coefficient (Wildman–Crippen LogP) is -0.353. The highest BCUT2D eigenvalue weighted by atomic mass is 15.3. The van der Waals surface area contributed by atoms with Crippen LogP contribution >= 0.6 is 0 Å². The number of anilines is 1. The summed E-state index contributed by atoms with van der Waals surface area (Å²) >= 11 is 0. The number of hydrogen-bond acceptors (Lipinski definition) is 3. The van der Waals surface area contributed by atoms with Gasteiger partial charge in [-0.2, -0.15) is 4.98 Å². The Morgan fingerprint density at radius 2 is 2.71 bits per heavy atom. The summed E-state index contributed by atoms with van der Waals surface area (Å²) in [5.41, 5.74) is 0. The number of nitrogens with one attached hydrogen (secondary N) is 2. The molecule has 0 aliphatic carbocycles. The van der Waals surface area contributed by atoms with Gasteiger partial charge in [-0.05, 0) is 0 Å². The Morgan fingerprint density at radius 3 is 3.00 bits per heavy atom. The lowest BCUT2D eigenvalue weighted by molar-refractivity contribution is 1.08. The molecule has 1 aromatic heterocycles. The van der Waals surface area contributed by atoms with E-state index < -0.39 is 0 Å². The second-order valence-electron chi connectivity index (χ2n) is 1.03. The van der Waals surface area contributed by atoms with Crippen molar-refractivity contribution in [3.63, 3.8) is 0 Å². The van der Waals surface area contributed by atoms with Gasteiger partial charge in [0, 0.05) is 7.05 Å². The van der Waals surface area contributed by atoms with Gasteiger partial charge in [-0.15, -0.1) is 5.10 Å². The number of hydrogen-bond donors (Lipinski definition) is 2. The molecule has 37 valence electrons. The molecule has 0 amide bonds. The SMILES string of the molecule is CNc1n[c]n[nH]1. The van der Waals surface area contributed by atoms with E-state index in [9.17, 15) is 0 Å². The third-order valence-electron chi connectivity index (χ3n) is 0.610. The highest BCUT2D eigenvalue weighted by Crippen LogP contribution is 1.84. The highest BCUT2D eigenvalue weighted by Gasteiger charge is 1.83. The van der Waals surface area contributed by atoms with E-state index in [0.29, 0.717) is 5.95 Å². The maximum atomic E-state index is 3.63. The lowest BCUT2D eigenvalue weighted by atomic mass is 11.0. The van der Waals surface area contributed by atoms with Crippen LogP contribution in [0.1, 0.15) is 0 Å². The van der Waals surface area contributed by atoms with Crippen molar-refractivity contribution >= 4 is 5.95 Å². The highest BCUT2D eigenvalue weighted by molar-refractivity contribution is 5.17. The summed E-state index contributed by atoms with van der Waals surface area (Å²) in [6.07, 6.45) is 2.36. The van der Waals surface area contributed by atoms with Crippen molar-refractivity contribution in [2.45, 2.75) is 0 Å². The fourth-order valence-electron chi connectivity index (χ4n) is 0.290. The minimum Gasteiger partial charge on any atom is -0.358 e. The third-order valence-corrected chi connectivity index (χ3v) is 0.610. The van der Waals surface area contributed by atoms with Crippen LogP contribution < -0.4 is 5.32 Å². The first-order valence-electron chi connectivity index (χ1n) is 1.89. The average Bonchev–Trinajstić information content (AvgIpc) is 2.14. The van der Waals surface area contributed by atoms with Gasteiger partial charge in [-0.25, -0.2) is 5.10 Å². The molecule has 1 heterocycles. The van der Waals surface area contributed by atoms with Crippen molar-refractivity contribution in [2.24, 2.45) is 0 Å². The maximum Gasteiger partial charge on any atom is 0.222 e. The zero-order chi connectivity index (χ0) is 5.11. The second-order valence-corrected chi connectivity index (χ2v) is 1.03. The average molecular weight is 97.1 g/mol. The second kappa shape index (κ2) is 1.59. The largest absolute Gasteiger partial charge is 0.358 e. The molecule has 0 atom stereocenters. The van der Waals surface area contributed by atoms with Gasteiger partial charge in [0.15, 0.2) is 0 Å². The number of aromatic amines is 1. The molecule has 0 bridgehead atoms. The van der Waals surface area contributed by atoms with Crippen LogP contribution in [0.5, 0.6) is 0 Å². The van der Waals surface area contributed by atoms with E-state index in [1.54, 1.807) is 7.05 Å². The summed E-state index contributed by atoms with van der Waals surface area (Å²) in [6, 6.07) is 0. The predicted molar refractivity (Wildman–Crippen MR) is 24.8 cm³/mol. The number of H-pyrrole nitrogens is 1. The lowest BCUT2D eigenvalue weighted by Crippen LogP contribution is -1.88. The Hall–Kier alpha value is -1.06. The van der Waals surface area contributed by atoms with Crippen molar-refractivity contribution in [1.82, 2.24) is 15.2 Å². The number of aromatic nitrogens is 3. The molecular weight excluding hydrogens is 92.1 g/mol. The third kappa shape index (κ3) is 0.677.